The summed E-state index contributed by atoms with van der Waals surface area (Å²) in [7, 11) is 0. The first-order chi connectivity index (χ1) is 11.0. The Balaban J connectivity index is 3.25. The van der Waals surface area contributed by atoms with Crippen LogP contribution < -0.4 is 5.32 Å². The molecule has 25 heavy (non-hydrogen) atoms. The first-order valence-corrected chi connectivity index (χ1v) is 5.40. The van der Waals surface area contributed by atoms with Gasteiger partial charge in [-0.1, -0.05) is 0 Å². The van der Waals surface area contributed by atoms with Crippen LogP contribution in [-0.4, -0.2) is 51.3 Å². The molecule has 0 saturated carbocycles. The highest BCUT2D eigenvalue weighted by molar-refractivity contribution is 5.95. The van der Waals surface area contributed by atoms with Gasteiger partial charge in [0.25, 0.3) is 0 Å². The first-order valence-electron chi connectivity index (χ1n) is 5.40. The number of rotatable bonds is 5. The Morgan fingerprint density at radius 2 is 1.48 bits per heavy atom. The molecule has 1 unspecified atom stereocenters. The SMILES string of the molecule is O=C(Nc1ncn[nH]1)C(F)(OC(F)(F)C(F)(F)C(F)(F)F)C(F)(F)F. The van der Waals surface area contributed by atoms with Gasteiger partial charge in [-0.25, -0.2) is 5.10 Å². The molecule has 1 atom stereocenters. The van der Waals surface area contributed by atoms with Gasteiger partial charge in [-0.05, 0) is 0 Å². The highest BCUT2D eigenvalue weighted by Crippen LogP contribution is 2.51. The smallest absolute Gasteiger partial charge is 0.290 e. The van der Waals surface area contributed by atoms with Crippen LogP contribution in [0.5, 0.6) is 0 Å². The molecule has 0 bridgehead atoms. The van der Waals surface area contributed by atoms with Crippen LogP contribution in [0.2, 0.25) is 0 Å². The van der Waals surface area contributed by atoms with Crippen LogP contribution in [0, 0.1) is 0 Å². The molecule has 1 aromatic heterocycles. The Labute approximate surface area is 128 Å². The van der Waals surface area contributed by atoms with Crippen LogP contribution in [0.1, 0.15) is 0 Å². The van der Waals surface area contributed by atoms with E-state index in [0.29, 0.717) is 6.33 Å². The van der Waals surface area contributed by atoms with Gasteiger partial charge in [-0.3, -0.25) is 14.8 Å². The Hall–Kier alpha value is -2.20. The van der Waals surface area contributed by atoms with Crippen molar-refractivity contribution in [1.82, 2.24) is 15.2 Å². The molecule has 0 aromatic carbocycles. The summed E-state index contributed by atoms with van der Waals surface area (Å²) in [6.45, 7) is 0. The lowest BCUT2D eigenvalue weighted by molar-refractivity contribution is -0.472. The lowest BCUT2D eigenvalue weighted by Crippen LogP contribution is -2.62. The monoisotopic (exact) mass is 396 g/mol. The highest BCUT2D eigenvalue weighted by Gasteiger charge is 2.79. The third-order valence-electron chi connectivity index (χ3n) is 2.29. The van der Waals surface area contributed by atoms with E-state index in [4.69, 9.17) is 0 Å². The zero-order chi connectivity index (χ0) is 19.9. The van der Waals surface area contributed by atoms with Gasteiger partial charge in [-0.15, -0.1) is 0 Å². The number of ether oxygens (including phenoxy) is 1. The maximum absolute atomic E-state index is 13.7. The molecule has 0 radical (unpaired) electrons. The van der Waals surface area contributed by atoms with Crippen molar-refractivity contribution < 1.29 is 57.8 Å². The Kier molecular flexibility index (Phi) is 4.96. The second-order valence-corrected chi connectivity index (χ2v) is 4.07. The number of aromatic nitrogens is 3. The molecule has 0 spiro atoms. The molecular weight excluding hydrogens is 393 g/mol. The molecule has 1 heterocycles. The number of carbonyl (C=O) groups excluding carboxylic acids is 1. The topological polar surface area (TPSA) is 79.9 Å². The zero-order valence-corrected chi connectivity index (χ0v) is 10.9. The van der Waals surface area contributed by atoms with Crippen LogP contribution in [-0.2, 0) is 9.53 Å². The van der Waals surface area contributed by atoms with Crippen molar-refractivity contribution in [1.29, 1.82) is 0 Å². The van der Waals surface area contributed by atoms with Crippen molar-refractivity contribution >= 4 is 11.9 Å². The zero-order valence-electron chi connectivity index (χ0n) is 10.9. The second kappa shape index (κ2) is 5.95. The number of hydrogen-bond donors (Lipinski definition) is 2. The lowest BCUT2D eigenvalue weighted by Gasteiger charge is -2.33. The van der Waals surface area contributed by atoms with Gasteiger partial charge in [0.2, 0.25) is 5.95 Å². The molecule has 6 nitrogen and oxygen atoms in total. The molecule has 1 rings (SSSR count). The van der Waals surface area contributed by atoms with Gasteiger partial charge in [0.05, 0.1) is 0 Å². The number of hydrogen-bond acceptors (Lipinski definition) is 4. The molecule has 0 fully saturated rings. The van der Waals surface area contributed by atoms with E-state index in [1.54, 1.807) is 5.10 Å². The molecule has 17 heteroatoms. The summed E-state index contributed by atoms with van der Waals surface area (Å²) in [5, 5.41) is 5.40. The van der Waals surface area contributed by atoms with Crippen molar-refractivity contribution in [2.45, 2.75) is 30.2 Å². The molecule has 0 aliphatic rings. The van der Waals surface area contributed by atoms with Crippen LogP contribution in [0.15, 0.2) is 6.33 Å². The number of nitrogens with one attached hydrogen (secondary N) is 2. The van der Waals surface area contributed by atoms with Gasteiger partial charge in [0, 0.05) is 0 Å². The summed E-state index contributed by atoms with van der Waals surface area (Å²) in [4.78, 5) is 14.1. The molecular formula is C8H3F11N4O2. The van der Waals surface area contributed by atoms with E-state index >= 15 is 0 Å². The van der Waals surface area contributed by atoms with Crippen molar-refractivity contribution in [3.8, 4) is 0 Å². The fraction of sp³-hybridized carbons (Fsp3) is 0.625. The van der Waals surface area contributed by atoms with E-state index in [0.717, 1.165) is 5.32 Å². The number of carbonyl (C=O) groups is 1. The molecule has 1 aromatic rings. The Morgan fingerprint density at radius 1 is 0.960 bits per heavy atom. The summed E-state index contributed by atoms with van der Waals surface area (Å²) in [6, 6.07) is 0. The molecule has 2 N–H and O–H groups in total. The van der Waals surface area contributed by atoms with Crippen molar-refractivity contribution in [3.05, 3.63) is 6.33 Å². The van der Waals surface area contributed by atoms with E-state index in [-0.39, 0.29) is 0 Å². The number of halogens is 11. The second-order valence-electron chi connectivity index (χ2n) is 4.07. The predicted molar refractivity (Wildman–Crippen MR) is 51.9 cm³/mol. The number of amides is 1. The van der Waals surface area contributed by atoms with Crippen molar-refractivity contribution in [3.63, 3.8) is 0 Å². The minimum absolute atomic E-state index is 0.538. The normalized spacial score (nSPS) is 16.4. The van der Waals surface area contributed by atoms with E-state index < -0.39 is 42.1 Å². The number of H-pyrrole nitrogens is 1. The highest BCUT2D eigenvalue weighted by atomic mass is 19.4. The van der Waals surface area contributed by atoms with E-state index in [2.05, 4.69) is 10.1 Å². The predicted octanol–water partition coefficient (Wildman–Crippen LogP) is 2.78. The average molecular weight is 396 g/mol. The van der Waals surface area contributed by atoms with Crippen LogP contribution in [0.3, 0.4) is 0 Å². The molecule has 1 amide bonds. The molecule has 0 aliphatic carbocycles. The van der Waals surface area contributed by atoms with Gasteiger partial charge in [0.1, 0.15) is 6.33 Å². The summed E-state index contributed by atoms with van der Waals surface area (Å²) in [6.07, 6.45) is -20.5. The maximum atomic E-state index is 13.7. The molecule has 144 valence electrons. The average Bonchev–Trinajstić information content (AvgIpc) is 2.87. The van der Waals surface area contributed by atoms with E-state index in [1.807, 2.05) is 4.74 Å². The minimum atomic E-state index is -7.25. The third-order valence-corrected chi connectivity index (χ3v) is 2.29. The number of alkyl halides is 11. The van der Waals surface area contributed by atoms with E-state index in [1.165, 1.54) is 0 Å². The third kappa shape index (κ3) is 3.74. The summed E-state index contributed by atoms with van der Waals surface area (Å²) in [5.41, 5.74) is 0. The fourth-order valence-corrected chi connectivity index (χ4v) is 1.09. The molecule has 0 saturated heterocycles. The standard InChI is InChI=1S/C8H3F11N4O2/c9-4(6(12,13)14,2(24)22-3-20-1-21-23-3)25-8(18,19)5(10,11)7(15,16)17/h1H,(H2,20,21,22,23,24). The largest absolute Gasteiger partial charge is 0.462 e. The van der Waals surface area contributed by atoms with Gasteiger partial charge >= 0.3 is 36.1 Å². The first kappa shape index (κ1) is 20.8. The fourth-order valence-electron chi connectivity index (χ4n) is 1.09. The van der Waals surface area contributed by atoms with Crippen LogP contribution >= 0.6 is 0 Å². The van der Waals surface area contributed by atoms with E-state index in [9.17, 15) is 53.1 Å². The van der Waals surface area contributed by atoms with Crippen molar-refractivity contribution in [2.75, 3.05) is 5.32 Å². The minimum Gasteiger partial charge on any atom is -0.290 e. The summed E-state index contributed by atoms with van der Waals surface area (Å²) in [5.74, 6) is -17.8. The van der Waals surface area contributed by atoms with Gasteiger partial charge in [-0.2, -0.15) is 58.4 Å². The molecule has 0 aliphatic heterocycles. The van der Waals surface area contributed by atoms with Gasteiger partial charge in [0.15, 0.2) is 0 Å². The van der Waals surface area contributed by atoms with Gasteiger partial charge < -0.3 is 0 Å². The number of anilines is 1. The maximum Gasteiger partial charge on any atom is 0.462 e. The lowest BCUT2D eigenvalue weighted by atomic mass is 10.2. The number of aromatic amines is 1. The number of nitrogens with zero attached hydrogens (tertiary/aromatic N) is 2. The Morgan fingerprint density at radius 3 is 1.84 bits per heavy atom. The van der Waals surface area contributed by atoms with Crippen molar-refractivity contribution in [2.24, 2.45) is 0 Å². The van der Waals surface area contributed by atoms with Crippen LogP contribution in [0.25, 0.3) is 0 Å². The Bertz CT molecular complexity index is 611. The quantitative estimate of drug-likeness (QED) is 0.751. The summed E-state index contributed by atoms with van der Waals surface area (Å²) >= 11 is 0. The summed E-state index contributed by atoms with van der Waals surface area (Å²) < 4.78 is 140. The van der Waals surface area contributed by atoms with Crippen LogP contribution in [0.4, 0.5) is 54.2 Å².